The first kappa shape index (κ1) is 16.5. The smallest absolute Gasteiger partial charge is 0.134 e. The number of benzene rings is 1. The maximum atomic E-state index is 4.57. The number of anilines is 2. The molecule has 0 aliphatic carbocycles. The van der Waals surface area contributed by atoms with Crippen LogP contribution in [0.3, 0.4) is 0 Å². The standard InChI is InChI=1S/C21H23N5/c1-15-3-6-17(7-4-15)12-23-21-18-13-26(10-9-19(18)24-14-25-21)20-8-5-16(2)11-22-20/h3-8,11,14H,9-10,12-13H2,1-2H3,(H,23,24,25). The van der Waals surface area contributed by atoms with Crippen molar-refractivity contribution in [3.05, 3.63) is 76.9 Å². The van der Waals surface area contributed by atoms with Gasteiger partial charge >= 0.3 is 0 Å². The number of pyridine rings is 1. The zero-order valence-electron chi connectivity index (χ0n) is 15.2. The van der Waals surface area contributed by atoms with Crippen molar-refractivity contribution in [3.63, 3.8) is 0 Å². The zero-order valence-corrected chi connectivity index (χ0v) is 15.2. The summed E-state index contributed by atoms with van der Waals surface area (Å²) in [6.07, 6.45) is 4.49. The lowest BCUT2D eigenvalue weighted by atomic mass is 10.1. The molecule has 0 amide bonds. The molecule has 0 fully saturated rings. The van der Waals surface area contributed by atoms with E-state index >= 15 is 0 Å². The van der Waals surface area contributed by atoms with Gasteiger partial charge < -0.3 is 10.2 Å². The second kappa shape index (κ2) is 7.12. The molecule has 0 atom stereocenters. The highest BCUT2D eigenvalue weighted by Gasteiger charge is 2.21. The van der Waals surface area contributed by atoms with Crippen molar-refractivity contribution in [2.75, 3.05) is 16.8 Å². The monoisotopic (exact) mass is 345 g/mol. The van der Waals surface area contributed by atoms with Crippen LogP contribution in [0.25, 0.3) is 0 Å². The van der Waals surface area contributed by atoms with Crippen LogP contribution in [0.1, 0.15) is 27.9 Å². The van der Waals surface area contributed by atoms with E-state index in [4.69, 9.17) is 0 Å². The molecule has 132 valence electrons. The van der Waals surface area contributed by atoms with Crippen LogP contribution in [0.5, 0.6) is 0 Å². The summed E-state index contributed by atoms with van der Waals surface area (Å²) in [7, 11) is 0. The lowest BCUT2D eigenvalue weighted by molar-refractivity contribution is 0.697. The second-order valence-corrected chi connectivity index (χ2v) is 6.85. The molecular weight excluding hydrogens is 322 g/mol. The molecule has 5 nitrogen and oxygen atoms in total. The lowest BCUT2D eigenvalue weighted by Gasteiger charge is -2.30. The summed E-state index contributed by atoms with van der Waals surface area (Å²) in [5.74, 6) is 1.93. The van der Waals surface area contributed by atoms with Gasteiger partial charge in [-0.25, -0.2) is 15.0 Å². The Balaban J connectivity index is 1.53. The number of aryl methyl sites for hydroxylation is 2. The van der Waals surface area contributed by atoms with Crippen molar-refractivity contribution in [2.45, 2.75) is 33.4 Å². The van der Waals surface area contributed by atoms with Gasteiger partial charge in [0.1, 0.15) is 18.0 Å². The molecule has 1 aliphatic heterocycles. The highest BCUT2D eigenvalue weighted by molar-refractivity contribution is 5.52. The second-order valence-electron chi connectivity index (χ2n) is 6.85. The van der Waals surface area contributed by atoms with E-state index in [-0.39, 0.29) is 0 Å². The highest BCUT2D eigenvalue weighted by atomic mass is 15.2. The molecule has 5 heteroatoms. The lowest BCUT2D eigenvalue weighted by Crippen LogP contribution is -2.32. The first-order valence-corrected chi connectivity index (χ1v) is 8.99. The topological polar surface area (TPSA) is 53.9 Å². The third-order valence-corrected chi connectivity index (χ3v) is 4.80. The van der Waals surface area contributed by atoms with Gasteiger partial charge in [-0.1, -0.05) is 35.9 Å². The van der Waals surface area contributed by atoms with Crippen molar-refractivity contribution in [1.82, 2.24) is 15.0 Å². The van der Waals surface area contributed by atoms with E-state index in [0.717, 1.165) is 43.4 Å². The number of fused-ring (bicyclic) bond motifs is 1. The summed E-state index contributed by atoms with van der Waals surface area (Å²) in [5, 5.41) is 3.49. The number of hydrogen-bond acceptors (Lipinski definition) is 5. The minimum atomic E-state index is 0.756. The van der Waals surface area contributed by atoms with Crippen molar-refractivity contribution in [1.29, 1.82) is 0 Å². The van der Waals surface area contributed by atoms with Gasteiger partial charge in [0.05, 0.1) is 5.69 Å². The molecule has 0 saturated heterocycles. The summed E-state index contributed by atoms with van der Waals surface area (Å²) < 4.78 is 0. The first-order valence-electron chi connectivity index (χ1n) is 8.99. The van der Waals surface area contributed by atoms with E-state index in [1.54, 1.807) is 6.33 Å². The van der Waals surface area contributed by atoms with Crippen LogP contribution in [0.15, 0.2) is 48.9 Å². The third-order valence-electron chi connectivity index (χ3n) is 4.80. The van der Waals surface area contributed by atoms with E-state index in [9.17, 15) is 0 Å². The number of rotatable bonds is 4. The van der Waals surface area contributed by atoms with Gasteiger partial charge in [0, 0.05) is 37.8 Å². The van der Waals surface area contributed by atoms with Crippen LogP contribution >= 0.6 is 0 Å². The predicted molar refractivity (Wildman–Crippen MR) is 104 cm³/mol. The number of nitrogens with zero attached hydrogens (tertiary/aromatic N) is 4. The van der Waals surface area contributed by atoms with Gasteiger partial charge in [-0.3, -0.25) is 0 Å². The van der Waals surface area contributed by atoms with Gasteiger partial charge in [-0.15, -0.1) is 0 Å². The van der Waals surface area contributed by atoms with Gasteiger partial charge in [0.15, 0.2) is 0 Å². The SMILES string of the molecule is Cc1ccc(CNc2ncnc3c2CN(c2ccc(C)cn2)CC3)cc1. The van der Waals surface area contributed by atoms with E-state index in [1.165, 1.54) is 22.3 Å². The maximum Gasteiger partial charge on any atom is 0.134 e. The molecule has 0 unspecified atom stereocenters. The average Bonchev–Trinajstić information content (AvgIpc) is 2.68. The molecule has 0 bridgehead atoms. The molecule has 0 radical (unpaired) electrons. The van der Waals surface area contributed by atoms with Crippen LogP contribution in [0.4, 0.5) is 11.6 Å². The molecule has 1 N–H and O–H groups in total. The number of aromatic nitrogens is 3. The van der Waals surface area contributed by atoms with Crippen LogP contribution in [0.2, 0.25) is 0 Å². The fraction of sp³-hybridized carbons (Fsp3) is 0.286. The van der Waals surface area contributed by atoms with Crippen LogP contribution in [0, 0.1) is 13.8 Å². The highest BCUT2D eigenvalue weighted by Crippen LogP contribution is 2.26. The van der Waals surface area contributed by atoms with Crippen molar-refractivity contribution < 1.29 is 0 Å². The minimum absolute atomic E-state index is 0.756. The van der Waals surface area contributed by atoms with E-state index in [1.807, 2.05) is 6.20 Å². The summed E-state index contributed by atoms with van der Waals surface area (Å²) >= 11 is 0. The van der Waals surface area contributed by atoms with Crippen molar-refractivity contribution >= 4 is 11.6 Å². The number of hydrogen-bond donors (Lipinski definition) is 1. The Kier molecular flexibility index (Phi) is 4.52. The Morgan fingerprint density at radius 2 is 1.77 bits per heavy atom. The average molecular weight is 345 g/mol. The van der Waals surface area contributed by atoms with Crippen LogP contribution in [-0.2, 0) is 19.5 Å². The first-order chi connectivity index (χ1) is 12.7. The Labute approximate surface area is 154 Å². The normalized spacial score (nSPS) is 13.4. The van der Waals surface area contributed by atoms with Crippen molar-refractivity contribution in [2.24, 2.45) is 0 Å². The molecule has 4 rings (SSSR count). The number of nitrogens with one attached hydrogen (secondary N) is 1. The molecule has 3 aromatic rings. The van der Waals surface area contributed by atoms with Gasteiger partial charge in [-0.2, -0.15) is 0 Å². The molecule has 1 aromatic carbocycles. The molecular formula is C21H23N5. The molecule has 0 saturated carbocycles. The fourth-order valence-corrected chi connectivity index (χ4v) is 3.23. The minimum Gasteiger partial charge on any atom is -0.366 e. The summed E-state index contributed by atoms with van der Waals surface area (Å²) in [6.45, 7) is 6.63. The van der Waals surface area contributed by atoms with Crippen molar-refractivity contribution in [3.8, 4) is 0 Å². The van der Waals surface area contributed by atoms with Crippen LogP contribution in [-0.4, -0.2) is 21.5 Å². The van der Waals surface area contributed by atoms with Crippen LogP contribution < -0.4 is 10.2 Å². The Bertz CT molecular complexity index is 887. The zero-order chi connectivity index (χ0) is 17.9. The summed E-state index contributed by atoms with van der Waals surface area (Å²) in [5.41, 5.74) is 6.00. The third kappa shape index (κ3) is 3.52. The van der Waals surface area contributed by atoms with Gasteiger partial charge in [0.25, 0.3) is 0 Å². The predicted octanol–water partition coefficient (Wildman–Crippen LogP) is 3.66. The van der Waals surface area contributed by atoms with E-state index in [0.29, 0.717) is 0 Å². The Morgan fingerprint density at radius 1 is 0.962 bits per heavy atom. The fourth-order valence-electron chi connectivity index (χ4n) is 3.23. The Hall–Kier alpha value is -2.95. The van der Waals surface area contributed by atoms with Gasteiger partial charge in [0.2, 0.25) is 0 Å². The van der Waals surface area contributed by atoms with E-state index < -0.39 is 0 Å². The summed E-state index contributed by atoms with van der Waals surface area (Å²) in [4.78, 5) is 15.9. The molecule has 3 heterocycles. The largest absolute Gasteiger partial charge is 0.366 e. The molecule has 1 aliphatic rings. The molecule has 0 spiro atoms. The quantitative estimate of drug-likeness (QED) is 0.782. The van der Waals surface area contributed by atoms with Gasteiger partial charge in [-0.05, 0) is 31.0 Å². The molecule has 2 aromatic heterocycles. The molecule has 26 heavy (non-hydrogen) atoms. The maximum absolute atomic E-state index is 4.57. The van der Waals surface area contributed by atoms with E-state index in [2.05, 4.69) is 75.4 Å². The summed E-state index contributed by atoms with van der Waals surface area (Å²) in [6, 6.07) is 12.8. The Morgan fingerprint density at radius 3 is 2.54 bits per heavy atom.